The lowest BCUT2D eigenvalue weighted by Gasteiger charge is -2.14. The topological polar surface area (TPSA) is 75.9 Å². The van der Waals surface area contributed by atoms with E-state index in [4.69, 9.17) is 17.0 Å². The SMILES string of the molecule is C=CCN1C(=O)C(=Cc2c(NCC3CCCO3)nc3ccc(C)cn3c2=O)SC1=S. The van der Waals surface area contributed by atoms with Crippen LogP contribution in [0.3, 0.4) is 0 Å². The van der Waals surface area contributed by atoms with Crippen molar-refractivity contribution in [3.8, 4) is 0 Å². The second-order valence-corrected chi connectivity index (χ2v) is 8.89. The molecule has 2 fully saturated rings. The van der Waals surface area contributed by atoms with E-state index < -0.39 is 0 Å². The van der Waals surface area contributed by atoms with Gasteiger partial charge in [-0.2, -0.15) is 0 Å². The van der Waals surface area contributed by atoms with Crippen LogP contribution in [0.2, 0.25) is 0 Å². The molecule has 156 valence electrons. The number of thiocarbonyl (C=S) groups is 1. The van der Waals surface area contributed by atoms with Crippen molar-refractivity contribution in [2.75, 3.05) is 25.0 Å². The number of thioether (sulfide) groups is 1. The molecule has 0 saturated carbocycles. The molecule has 9 heteroatoms. The van der Waals surface area contributed by atoms with Crippen LogP contribution in [-0.2, 0) is 9.53 Å². The van der Waals surface area contributed by atoms with Gasteiger partial charge in [0.1, 0.15) is 15.8 Å². The van der Waals surface area contributed by atoms with Crippen LogP contribution in [-0.4, -0.2) is 50.3 Å². The molecule has 30 heavy (non-hydrogen) atoms. The summed E-state index contributed by atoms with van der Waals surface area (Å²) < 4.78 is 7.62. The van der Waals surface area contributed by atoms with Crippen LogP contribution < -0.4 is 10.9 Å². The van der Waals surface area contributed by atoms with Crippen LogP contribution in [0.1, 0.15) is 24.0 Å². The Labute approximate surface area is 183 Å². The maximum absolute atomic E-state index is 13.3. The number of nitrogens with one attached hydrogen (secondary N) is 1. The third-order valence-corrected chi connectivity index (χ3v) is 6.37. The molecule has 2 aliphatic rings. The molecule has 2 aromatic rings. The summed E-state index contributed by atoms with van der Waals surface area (Å²) in [5.74, 6) is 0.206. The Morgan fingerprint density at radius 2 is 2.27 bits per heavy atom. The molecule has 1 N–H and O–H groups in total. The maximum Gasteiger partial charge on any atom is 0.267 e. The van der Waals surface area contributed by atoms with E-state index in [1.54, 1.807) is 24.4 Å². The highest BCUT2D eigenvalue weighted by Crippen LogP contribution is 2.33. The number of ether oxygens (including phenoxy) is 1. The fraction of sp³-hybridized carbons (Fsp3) is 0.333. The van der Waals surface area contributed by atoms with Gasteiger partial charge >= 0.3 is 0 Å². The van der Waals surface area contributed by atoms with E-state index in [0.717, 1.165) is 25.0 Å². The Balaban J connectivity index is 1.77. The van der Waals surface area contributed by atoms with Gasteiger partial charge in [0.2, 0.25) is 0 Å². The minimum Gasteiger partial charge on any atom is -0.376 e. The van der Waals surface area contributed by atoms with Crippen LogP contribution in [0.25, 0.3) is 11.7 Å². The van der Waals surface area contributed by atoms with Crippen LogP contribution in [0.5, 0.6) is 0 Å². The number of anilines is 1. The van der Waals surface area contributed by atoms with E-state index >= 15 is 0 Å². The van der Waals surface area contributed by atoms with Crippen molar-refractivity contribution >= 4 is 51.7 Å². The van der Waals surface area contributed by atoms with Gasteiger partial charge in [-0.15, -0.1) is 6.58 Å². The summed E-state index contributed by atoms with van der Waals surface area (Å²) in [7, 11) is 0. The molecule has 2 saturated heterocycles. The highest BCUT2D eigenvalue weighted by molar-refractivity contribution is 8.26. The second-order valence-electron chi connectivity index (χ2n) is 7.21. The summed E-state index contributed by atoms with van der Waals surface area (Å²) >= 11 is 6.49. The first-order chi connectivity index (χ1) is 14.5. The standard InChI is InChI=1S/C21H22N4O3S2/c1-3-8-24-20(27)16(30-21(24)29)10-15-18(22-11-14-5-4-9-28-14)23-17-7-6-13(2)12-25(17)19(15)26/h3,6-7,10,12,14,22H,1,4-5,8-9,11H2,2H3. The van der Waals surface area contributed by atoms with Gasteiger partial charge in [0.25, 0.3) is 11.5 Å². The minimum atomic E-state index is -0.243. The van der Waals surface area contributed by atoms with Gasteiger partial charge in [-0.3, -0.25) is 18.9 Å². The second kappa shape index (κ2) is 8.71. The first-order valence-corrected chi connectivity index (χ1v) is 10.9. The maximum atomic E-state index is 13.3. The predicted octanol–water partition coefficient (Wildman–Crippen LogP) is 2.98. The lowest BCUT2D eigenvalue weighted by atomic mass is 10.2. The zero-order valence-electron chi connectivity index (χ0n) is 16.6. The molecule has 0 aliphatic carbocycles. The molecular formula is C21H22N4O3S2. The Morgan fingerprint density at radius 1 is 1.43 bits per heavy atom. The zero-order chi connectivity index (χ0) is 21.3. The lowest BCUT2D eigenvalue weighted by Crippen LogP contribution is -2.28. The van der Waals surface area contributed by atoms with Crippen LogP contribution in [0.15, 0.2) is 40.7 Å². The van der Waals surface area contributed by atoms with Crippen LogP contribution in [0.4, 0.5) is 5.82 Å². The van der Waals surface area contributed by atoms with E-state index in [1.807, 2.05) is 13.0 Å². The summed E-state index contributed by atoms with van der Waals surface area (Å²) in [4.78, 5) is 32.6. The first-order valence-electron chi connectivity index (χ1n) is 9.72. The third kappa shape index (κ3) is 4.05. The Morgan fingerprint density at radius 3 is 3.00 bits per heavy atom. The van der Waals surface area contributed by atoms with Gasteiger partial charge in [-0.05, 0) is 37.5 Å². The number of fused-ring (bicyclic) bond motifs is 1. The molecule has 7 nitrogen and oxygen atoms in total. The average molecular weight is 443 g/mol. The Kier molecular flexibility index (Phi) is 6.03. The molecule has 0 bridgehead atoms. The van der Waals surface area contributed by atoms with Gasteiger partial charge in [0.15, 0.2) is 0 Å². The van der Waals surface area contributed by atoms with E-state index in [-0.39, 0.29) is 17.6 Å². The third-order valence-electron chi connectivity index (χ3n) is 4.99. The number of rotatable bonds is 6. The number of amides is 1. The Bertz CT molecular complexity index is 1120. The molecule has 2 aromatic heterocycles. The van der Waals surface area contributed by atoms with Gasteiger partial charge in [-0.1, -0.05) is 36.1 Å². The molecule has 4 rings (SSSR count). The van der Waals surface area contributed by atoms with Crippen molar-refractivity contribution < 1.29 is 9.53 Å². The summed E-state index contributed by atoms with van der Waals surface area (Å²) in [5, 5.41) is 3.26. The summed E-state index contributed by atoms with van der Waals surface area (Å²) in [5.41, 5.74) is 1.56. The summed E-state index contributed by atoms with van der Waals surface area (Å²) in [6.07, 6.45) is 7.03. The molecule has 0 radical (unpaired) electrons. The molecule has 0 spiro atoms. The van der Waals surface area contributed by atoms with Gasteiger partial charge in [-0.25, -0.2) is 4.98 Å². The molecule has 4 heterocycles. The number of aryl methyl sites for hydroxylation is 1. The van der Waals surface area contributed by atoms with Crippen LogP contribution in [0, 0.1) is 6.92 Å². The number of carbonyl (C=O) groups is 1. The predicted molar refractivity (Wildman–Crippen MR) is 124 cm³/mol. The Hall–Kier alpha value is -2.49. The monoisotopic (exact) mass is 442 g/mol. The molecular weight excluding hydrogens is 420 g/mol. The molecule has 1 unspecified atom stereocenters. The fourth-order valence-corrected chi connectivity index (χ4v) is 4.71. The zero-order valence-corrected chi connectivity index (χ0v) is 18.2. The molecule has 2 aliphatic heterocycles. The molecule has 1 atom stereocenters. The normalized spacial score (nSPS) is 20.5. The largest absolute Gasteiger partial charge is 0.376 e. The summed E-state index contributed by atoms with van der Waals surface area (Å²) in [6.45, 7) is 7.21. The van der Waals surface area contributed by atoms with Crippen molar-refractivity contribution in [2.45, 2.75) is 25.9 Å². The van der Waals surface area contributed by atoms with Crippen molar-refractivity contribution in [3.05, 3.63) is 57.4 Å². The number of carbonyl (C=O) groups excluding carboxylic acids is 1. The first kappa shape index (κ1) is 20.8. The van der Waals surface area contributed by atoms with Gasteiger partial charge in [0, 0.05) is 25.9 Å². The van der Waals surface area contributed by atoms with Gasteiger partial charge < -0.3 is 10.1 Å². The number of pyridine rings is 1. The van der Waals surface area contributed by atoms with Crippen molar-refractivity contribution in [1.29, 1.82) is 0 Å². The quantitative estimate of drug-likeness (QED) is 0.419. The lowest BCUT2D eigenvalue weighted by molar-refractivity contribution is -0.121. The van der Waals surface area contributed by atoms with E-state index in [0.29, 0.717) is 39.3 Å². The minimum absolute atomic E-state index is 0.0851. The van der Waals surface area contributed by atoms with E-state index in [9.17, 15) is 9.59 Å². The van der Waals surface area contributed by atoms with Crippen molar-refractivity contribution in [3.63, 3.8) is 0 Å². The smallest absolute Gasteiger partial charge is 0.267 e. The van der Waals surface area contributed by atoms with E-state index in [1.165, 1.54) is 21.1 Å². The number of nitrogens with zero attached hydrogens (tertiary/aromatic N) is 3. The molecule has 1 amide bonds. The summed E-state index contributed by atoms with van der Waals surface area (Å²) in [6, 6.07) is 3.72. The highest BCUT2D eigenvalue weighted by Gasteiger charge is 2.31. The van der Waals surface area contributed by atoms with Crippen molar-refractivity contribution in [1.82, 2.24) is 14.3 Å². The number of aromatic nitrogens is 2. The van der Waals surface area contributed by atoms with Crippen LogP contribution >= 0.6 is 24.0 Å². The molecule has 0 aromatic carbocycles. The number of hydrogen-bond donors (Lipinski definition) is 1. The average Bonchev–Trinajstić information content (AvgIpc) is 3.33. The van der Waals surface area contributed by atoms with Gasteiger partial charge in [0.05, 0.1) is 16.6 Å². The number of hydrogen-bond acceptors (Lipinski definition) is 7. The van der Waals surface area contributed by atoms with Crippen molar-refractivity contribution in [2.24, 2.45) is 0 Å². The van der Waals surface area contributed by atoms with E-state index in [2.05, 4.69) is 16.9 Å². The fourth-order valence-electron chi connectivity index (χ4n) is 3.46. The highest BCUT2D eigenvalue weighted by atomic mass is 32.2.